The second-order valence-corrected chi connectivity index (χ2v) is 3.16. The van der Waals surface area contributed by atoms with Crippen molar-refractivity contribution in [3.63, 3.8) is 0 Å². The van der Waals surface area contributed by atoms with E-state index in [1.165, 1.54) is 5.56 Å². The summed E-state index contributed by atoms with van der Waals surface area (Å²) in [6.45, 7) is 4.72. The minimum Gasteiger partial charge on any atom is -0.330 e. The van der Waals surface area contributed by atoms with Gasteiger partial charge in [0.25, 0.3) is 0 Å². The minimum absolute atomic E-state index is 0.708. The monoisotopic (exact) mass is 176 g/mol. The maximum Gasteiger partial charge on any atom is 0.0381 e. The molecule has 0 saturated heterocycles. The number of nitrogens with two attached hydrogens (primary N) is 1. The molecule has 1 aromatic rings. The summed E-state index contributed by atoms with van der Waals surface area (Å²) >= 11 is 0. The van der Waals surface area contributed by atoms with Gasteiger partial charge in [-0.15, -0.1) is 0 Å². The van der Waals surface area contributed by atoms with Gasteiger partial charge >= 0.3 is 0 Å². The fraction of sp³-hybridized carbons (Fsp3) is 0.364. The first-order valence-corrected chi connectivity index (χ1v) is 4.54. The Bertz CT molecular complexity index is 283. The van der Waals surface area contributed by atoms with E-state index >= 15 is 0 Å². The van der Waals surface area contributed by atoms with Crippen LogP contribution in [0.4, 0.5) is 0 Å². The van der Waals surface area contributed by atoms with Crippen molar-refractivity contribution in [2.45, 2.75) is 20.3 Å². The van der Waals surface area contributed by atoms with Gasteiger partial charge in [-0.2, -0.15) is 0 Å². The van der Waals surface area contributed by atoms with Crippen LogP contribution in [0.1, 0.15) is 23.4 Å². The van der Waals surface area contributed by atoms with E-state index in [1.54, 1.807) is 0 Å². The van der Waals surface area contributed by atoms with E-state index in [-0.39, 0.29) is 0 Å². The molecule has 0 unspecified atom stereocenters. The largest absolute Gasteiger partial charge is 0.330 e. The molecule has 2 N–H and O–H groups in total. The zero-order chi connectivity index (χ0) is 9.68. The van der Waals surface area contributed by atoms with Gasteiger partial charge in [-0.1, -0.05) is 12.2 Å². The van der Waals surface area contributed by atoms with Crippen LogP contribution in [-0.4, -0.2) is 11.5 Å². The van der Waals surface area contributed by atoms with Gasteiger partial charge in [0.2, 0.25) is 0 Å². The Morgan fingerprint density at radius 2 is 1.92 bits per heavy atom. The highest BCUT2D eigenvalue weighted by Crippen LogP contribution is 2.06. The van der Waals surface area contributed by atoms with Crippen LogP contribution in [0.3, 0.4) is 0 Å². The number of pyridine rings is 1. The van der Waals surface area contributed by atoms with Crippen LogP contribution in [0.5, 0.6) is 0 Å². The van der Waals surface area contributed by atoms with Crippen LogP contribution >= 0.6 is 0 Å². The molecule has 0 aliphatic heterocycles. The molecule has 1 heterocycles. The number of aromatic nitrogens is 1. The molecule has 0 radical (unpaired) electrons. The van der Waals surface area contributed by atoms with E-state index in [1.807, 2.05) is 13.8 Å². The van der Waals surface area contributed by atoms with Gasteiger partial charge in [0.05, 0.1) is 0 Å². The first-order valence-electron chi connectivity index (χ1n) is 4.54. The quantitative estimate of drug-likeness (QED) is 0.765. The van der Waals surface area contributed by atoms with Crippen molar-refractivity contribution in [1.29, 1.82) is 0 Å². The number of hydrogen-bond acceptors (Lipinski definition) is 2. The predicted molar refractivity (Wildman–Crippen MR) is 56.4 cm³/mol. The van der Waals surface area contributed by atoms with Gasteiger partial charge in [0, 0.05) is 11.4 Å². The van der Waals surface area contributed by atoms with Crippen LogP contribution in [0.15, 0.2) is 18.2 Å². The Labute approximate surface area is 79.5 Å². The van der Waals surface area contributed by atoms with Crippen molar-refractivity contribution in [2.75, 3.05) is 6.54 Å². The fourth-order valence-electron chi connectivity index (χ4n) is 1.28. The minimum atomic E-state index is 0.708. The number of nitrogens with zero attached hydrogens (tertiary/aromatic N) is 1. The first kappa shape index (κ1) is 9.93. The summed E-state index contributed by atoms with van der Waals surface area (Å²) in [4.78, 5) is 4.30. The Hall–Kier alpha value is -1.15. The Balaban J connectivity index is 2.77. The van der Waals surface area contributed by atoms with Crippen molar-refractivity contribution in [3.05, 3.63) is 35.2 Å². The number of hydrogen-bond donors (Lipinski definition) is 1. The SMILES string of the molecule is Cc1cc(C=CCCN)cc(C)n1. The molecule has 2 nitrogen and oxygen atoms in total. The smallest absolute Gasteiger partial charge is 0.0381 e. The highest BCUT2D eigenvalue weighted by molar-refractivity contribution is 5.49. The topological polar surface area (TPSA) is 38.9 Å². The molecule has 70 valence electrons. The zero-order valence-corrected chi connectivity index (χ0v) is 8.25. The van der Waals surface area contributed by atoms with Gasteiger partial charge in [0.15, 0.2) is 0 Å². The maximum atomic E-state index is 5.39. The third-order valence-corrected chi connectivity index (χ3v) is 1.75. The van der Waals surface area contributed by atoms with Gasteiger partial charge < -0.3 is 5.73 Å². The van der Waals surface area contributed by atoms with E-state index in [4.69, 9.17) is 5.73 Å². The van der Waals surface area contributed by atoms with E-state index < -0.39 is 0 Å². The molecule has 13 heavy (non-hydrogen) atoms. The Kier molecular flexibility index (Phi) is 3.65. The average molecular weight is 176 g/mol. The molecule has 0 fully saturated rings. The van der Waals surface area contributed by atoms with Crippen LogP contribution < -0.4 is 5.73 Å². The normalized spacial score (nSPS) is 11.0. The number of aryl methyl sites for hydroxylation is 2. The third kappa shape index (κ3) is 3.38. The second-order valence-electron chi connectivity index (χ2n) is 3.16. The third-order valence-electron chi connectivity index (χ3n) is 1.75. The predicted octanol–water partition coefficient (Wildman–Crippen LogP) is 2.06. The molecular weight excluding hydrogens is 160 g/mol. The van der Waals surface area contributed by atoms with Crippen LogP contribution in [0, 0.1) is 13.8 Å². The van der Waals surface area contributed by atoms with Gasteiger partial charge in [-0.05, 0) is 44.5 Å². The van der Waals surface area contributed by atoms with E-state index in [2.05, 4.69) is 29.3 Å². The van der Waals surface area contributed by atoms with Gasteiger partial charge in [0.1, 0.15) is 0 Å². The summed E-state index contributed by atoms with van der Waals surface area (Å²) < 4.78 is 0. The van der Waals surface area contributed by atoms with Crippen LogP contribution in [0.25, 0.3) is 6.08 Å². The molecular formula is C11H16N2. The lowest BCUT2D eigenvalue weighted by molar-refractivity contribution is 1.01. The summed E-state index contributed by atoms with van der Waals surface area (Å²) in [5, 5.41) is 0. The van der Waals surface area contributed by atoms with E-state index in [0.29, 0.717) is 6.54 Å². The van der Waals surface area contributed by atoms with Crippen molar-refractivity contribution in [1.82, 2.24) is 4.98 Å². The van der Waals surface area contributed by atoms with Crippen molar-refractivity contribution < 1.29 is 0 Å². The molecule has 0 spiro atoms. The summed E-state index contributed by atoms with van der Waals surface area (Å²) in [6, 6.07) is 4.14. The molecule has 0 amide bonds. The highest BCUT2D eigenvalue weighted by Gasteiger charge is 1.92. The zero-order valence-electron chi connectivity index (χ0n) is 8.25. The van der Waals surface area contributed by atoms with E-state index in [0.717, 1.165) is 17.8 Å². The molecule has 1 aromatic heterocycles. The second kappa shape index (κ2) is 4.77. The van der Waals surface area contributed by atoms with Crippen LogP contribution in [0.2, 0.25) is 0 Å². The maximum absolute atomic E-state index is 5.39. The summed E-state index contributed by atoms with van der Waals surface area (Å²) in [5.74, 6) is 0. The first-order chi connectivity index (χ1) is 6.22. The Morgan fingerprint density at radius 1 is 1.31 bits per heavy atom. The molecule has 2 heteroatoms. The van der Waals surface area contributed by atoms with Crippen molar-refractivity contribution in [3.8, 4) is 0 Å². The van der Waals surface area contributed by atoms with E-state index in [9.17, 15) is 0 Å². The van der Waals surface area contributed by atoms with Crippen molar-refractivity contribution >= 4 is 6.08 Å². The van der Waals surface area contributed by atoms with Gasteiger partial charge in [-0.3, -0.25) is 4.98 Å². The molecule has 0 bridgehead atoms. The highest BCUT2D eigenvalue weighted by atomic mass is 14.7. The molecule has 1 rings (SSSR count). The fourth-order valence-corrected chi connectivity index (χ4v) is 1.28. The Morgan fingerprint density at radius 3 is 2.46 bits per heavy atom. The standard InChI is InChI=1S/C11H16N2/c1-9-7-11(5-3-4-6-12)8-10(2)13-9/h3,5,7-8H,4,6,12H2,1-2H3. The lowest BCUT2D eigenvalue weighted by Crippen LogP contribution is -1.95. The molecule has 0 aliphatic rings. The summed E-state index contributed by atoms with van der Waals surface area (Å²) in [7, 11) is 0. The van der Waals surface area contributed by atoms with Gasteiger partial charge in [-0.25, -0.2) is 0 Å². The summed E-state index contributed by atoms with van der Waals surface area (Å²) in [5.41, 5.74) is 8.72. The molecule has 0 atom stereocenters. The lowest BCUT2D eigenvalue weighted by atomic mass is 10.2. The van der Waals surface area contributed by atoms with Crippen LogP contribution in [-0.2, 0) is 0 Å². The summed E-state index contributed by atoms with van der Waals surface area (Å²) in [6.07, 6.45) is 5.11. The lowest BCUT2D eigenvalue weighted by Gasteiger charge is -1.98. The van der Waals surface area contributed by atoms with Crippen molar-refractivity contribution in [2.24, 2.45) is 5.73 Å². The molecule has 0 saturated carbocycles. The average Bonchev–Trinajstić information content (AvgIpc) is 2.03. The molecule has 0 aromatic carbocycles. The molecule has 0 aliphatic carbocycles. The number of rotatable bonds is 3.